The van der Waals surface area contributed by atoms with Crippen molar-refractivity contribution in [3.05, 3.63) is 35.9 Å². The molecule has 0 amide bonds. The first-order valence-electron chi connectivity index (χ1n) is 7.68. The number of anilines is 2. The van der Waals surface area contributed by atoms with Crippen molar-refractivity contribution in [2.24, 2.45) is 0 Å². The van der Waals surface area contributed by atoms with Crippen LogP contribution in [-0.4, -0.2) is 23.1 Å². The molecule has 5 nitrogen and oxygen atoms in total. The Labute approximate surface area is 125 Å². The van der Waals surface area contributed by atoms with Crippen LogP contribution in [0.2, 0.25) is 0 Å². The van der Waals surface area contributed by atoms with Crippen molar-refractivity contribution < 1.29 is 4.42 Å². The molecule has 0 unspecified atom stereocenters. The topological polar surface area (TPSA) is 54.2 Å². The van der Waals surface area contributed by atoms with Gasteiger partial charge >= 0.3 is 0 Å². The molecular formula is C16H22N4O. The average molecular weight is 286 g/mol. The first kappa shape index (κ1) is 13.9. The molecule has 0 aliphatic carbocycles. The first-order chi connectivity index (χ1) is 10.3. The largest absolute Gasteiger partial charge is 0.467 e. The highest BCUT2D eigenvalue weighted by atomic mass is 16.3. The van der Waals surface area contributed by atoms with Crippen molar-refractivity contribution in [2.75, 3.05) is 23.3 Å². The second kappa shape index (κ2) is 6.61. The SMILES string of the molecule is Cc1cc(N2CCCCCC2)nc(NCc2ccco2)n1. The van der Waals surface area contributed by atoms with Crippen molar-refractivity contribution in [3.63, 3.8) is 0 Å². The smallest absolute Gasteiger partial charge is 0.225 e. The summed E-state index contributed by atoms with van der Waals surface area (Å²) in [6.45, 7) is 4.80. The van der Waals surface area contributed by atoms with Gasteiger partial charge in [0.2, 0.25) is 5.95 Å². The van der Waals surface area contributed by atoms with Gasteiger partial charge in [-0.3, -0.25) is 0 Å². The highest BCUT2D eigenvalue weighted by Crippen LogP contribution is 2.19. The van der Waals surface area contributed by atoms with Crippen molar-refractivity contribution in [3.8, 4) is 0 Å². The van der Waals surface area contributed by atoms with Crippen LogP contribution in [0, 0.1) is 6.92 Å². The Kier molecular flexibility index (Phi) is 4.38. The predicted octanol–water partition coefficient (Wildman–Crippen LogP) is 3.37. The maximum Gasteiger partial charge on any atom is 0.225 e. The monoisotopic (exact) mass is 286 g/mol. The minimum Gasteiger partial charge on any atom is -0.467 e. The van der Waals surface area contributed by atoms with Crippen LogP contribution in [0.3, 0.4) is 0 Å². The van der Waals surface area contributed by atoms with E-state index in [9.17, 15) is 0 Å². The average Bonchev–Trinajstić information content (AvgIpc) is 2.85. The van der Waals surface area contributed by atoms with Gasteiger partial charge in [0, 0.05) is 24.8 Å². The minimum absolute atomic E-state index is 0.607. The summed E-state index contributed by atoms with van der Waals surface area (Å²) in [5, 5.41) is 3.24. The molecule has 1 N–H and O–H groups in total. The Balaban J connectivity index is 1.72. The lowest BCUT2D eigenvalue weighted by Gasteiger charge is -2.22. The molecule has 0 radical (unpaired) electrons. The lowest BCUT2D eigenvalue weighted by molar-refractivity contribution is 0.517. The lowest BCUT2D eigenvalue weighted by atomic mass is 10.2. The van der Waals surface area contributed by atoms with Crippen molar-refractivity contribution in [1.29, 1.82) is 0 Å². The highest BCUT2D eigenvalue weighted by molar-refractivity contribution is 5.45. The van der Waals surface area contributed by atoms with Crippen LogP contribution in [0.25, 0.3) is 0 Å². The van der Waals surface area contributed by atoms with E-state index in [2.05, 4.69) is 26.3 Å². The van der Waals surface area contributed by atoms with Crippen LogP contribution in [0.15, 0.2) is 28.9 Å². The van der Waals surface area contributed by atoms with Crippen LogP contribution >= 0.6 is 0 Å². The first-order valence-corrected chi connectivity index (χ1v) is 7.68. The molecule has 3 rings (SSSR count). The van der Waals surface area contributed by atoms with Gasteiger partial charge in [-0.05, 0) is 31.9 Å². The van der Waals surface area contributed by atoms with E-state index >= 15 is 0 Å². The number of aromatic nitrogens is 2. The van der Waals surface area contributed by atoms with Crippen molar-refractivity contribution in [2.45, 2.75) is 39.2 Å². The van der Waals surface area contributed by atoms with Crippen LogP contribution in [-0.2, 0) is 6.54 Å². The zero-order chi connectivity index (χ0) is 14.5. The van der Waals surface area contributed by atoms with Gasteiger partial charge in [-0.1, -0.05) is 12.8 Å². The van der Waals surface area contributed by atoms with E-state index in [0.717, 1.165) is 30.4 Å². The summed E-state index contributed by atoms with van der Waals surface area (Å²) < 4.78 is 5.32. The van der Waals surface area contributed by atoms with E-state index in [4.69, 9.17) is 4.42 Å². The Morgan fingerprint density at radius 3 is 2.71 bits per heavy atom. The molecule has 3 heterocycles. The number of rotatable bonds is 4. The molecule has 0 saturated carbocycles. The molecule has 0 atom stereocenters. The molecule has 1 fully saturated rings. The third-order valence-electron chi connectivity index (χ3n) is 3.77. The normalized spacial score (nSPS) is 15.8. The summed E-state index contributed by atoms with van der Waals surface area (Å²) in [7, 11) is 0. The minimum atomic E-state index is 0.607. The molecule has 1 aliphatic rings. The lowest BCUT2D eigenvalue weighted by Crippen LogP contribution is -2.25. The van der Waals surface area contributed by atoms with Gasteiger partial charge in [-0.25, -0.2) is 4.98 Å². The van der Waals surface area contributed by atoms with Crippen LogP contribution < -0.4 is 10.2 Å². The molecule has 2 aromatic rings. The number of nitrogens with zero attached hydrogens (tertiary/aromatic N) is 3. The van der Waals surface area contributed by atoms with Gasteiger partial charge in [0.1, 0.15) is 11.6 Å². The van der Waals surface area contributed by atoms with E-state index in [-0.39, 0.29) is 0 Å². The van der Waals surface area contributed by atoms with E-state index in [1.54, 1.807) is 6.26 Å². The zero-order valence-corrected chi connectivity index (χ0v) is 12.5. The van der Waals surface area contributed by atoms with E-state index in [1.807, 2.05) is 19.1 Å². The molecule has 0 bridgehead atoms. The number of nitrogens with one attached hydrogen (secondary N) is 1. The second-order valence-corrected chi connectivity index (χ2v) is 5.53. The summed E-state index contributed by atoms with van der Waals surface area (Å²) >= 11 is 0. The Bertz CT molecular complexity index is 560. The molecule has 5 heteroatoms. The quantitative estimate of drug-likeness (QED) is 0.934. The molecule has 0 aromatic carbocycles. The fraction of sp³-hybridized carbons (Fsp3) is 0.500. The van der Waals surface area contributed by atoms with Gasteiger partial charge in [-0.2, -0.15) is 4.98 Å². The Morgan fingerprint density at radius 2 is 2.00 bits per heavy atom. The fourth-order valence-electron chi connectivity index (χ4n) is 2.67. The third-order valence-corrected chi connectivity index (χ3v) is 3.77. The number of hydrogen-bond donors (Lipinski definition) is 1. The highest BCUT2D eigenvalue weighted by Gasteiger charge is 2.13. The summed E-state index contributed by atoms with van der Waals surface area (Å²) in [5.74, 6) is 2.59. The van der Waals surface area contributed by atoms with Gasteiger partial charge in [-0.15, -0.1) is 0 Å². The maximum atomic E-state index is 5.32. The predicted molar refractivity (Wildman–Crippen MR) is 83.5 cm³/mol. The third kappa shape index (κ3) is 3.74. The van der Waals surface area contributed by atoms with E-state index in [1.165, 1.54) is 25.7 Å². The Morgan fingerprint density at radius 1 is 1.19 bits per heavy atom. The van der Waals surface area contributed by atoms with Crippen LogP contribution in [0.5, 0.6) is 0 Å². The van der Waals surface area contributed by atoms with Crippen LogP contribution in [0.4, 0.5) is 11.8 Å². The van der Waals surface area contributed by atoms with E-state index < -0.39 is 0 Å². The molecule has 112 valence electrons. The fourth-order valence-corrected chi connectivity index (χ4v) is 2.67. The number of aryl methyl sites for hydroxylation is 1. The number of hydrogen-bond acceptors (Lipinski definition) is 5. The molecule has 21 heavy (non-hydrogen) atoms. The van der Waals surface area contributed by atoms with Gasteiger partial charge in [0.15, 0.2) is 0 Å². The standard InChI is InChI=1S/C16H22N4O/c1-13-11-15(20-8-4-2-3-5-9-20)19-16(18-13)17-12-14-7-6-10-21-14/h6-7,10-11H,2-5,8-9,12H2,1H3,(H,17,18,19). The maximum absolute atomic E-state index is 5.32. The number of furan rings is 1. The molecule has 0 spiro atoms. The van der Waals surface area contributed by atoms with Crippen molar-refractivity contribution in [1.82, 2.24) is 9.97 Å². The van der Waals surface area contributed by atoms with E-state index in [0.29, 0.717) is 12.5 Å². The molecular weight excluding hydrogens is 264 g/mol. The molecule has 1 saturated heterocycles. The molecule has 2 aromatic heterocycles. The van der Waals surface area contributed by atoms with Gasteiger partial charge < -0.3 is 14.6 Å². The summed E-state index contributed by atoms with van der Waals surface area (Å²) in [4.78, 5) is 11.5. The second-order valence-electron chi connectivity index (χ2n) is 5.53. The summed E-state index contributed by atoms with van der Waals surface area (Å²) in [6.07, 6.45) is 6.82. The van der Waals surface area contributed by atoms with Crippen LogP contribution in [0.1, 0.15) is 37.1 Å². The van der Waals surface area contributed by atoms with Crippen molar-refractivity contribution >= 4 is 11.8 Å². The van der Waals surface area contributed by atoms with Gasteiger partial charge in [0.05, 0.1) is 12.8 Å². The Hall–Kier alpha value is -2.04. The summed E-state index contributed by atoms with van der Waals surface area (Å²) in [6, 6.07) is 5.90. The van der Waals surface area contributed by atoms with Gasteiger partial charge in [0.25, 0.3) is 0 Å². The zero-order valence-electron chi connectivity index (χ0n) is 12.5. The molecule has 1 aliphatic heterocycles. The summed E-state index contributed by atoms with van der Waals surface area (Å²) in [5.41, 5.74) is 0.992.